The SMILES string of the molecule is CCN(Cc1cccc(N)c1)C(=O)C(C)C. The van der Waals surface area contributed by atoms with Crippen LogP contribution >= 0.6 is 0 Å². The van der Waals surface area contributed by atoms with Gasteiger partial charge in [-0.25, -0.2) is 0 Å². The molecule has 0 aromatic heterocycles. The molecule has 3 heteroatoms. The molecule has 0 atom stereocenters. The molecular weight excluding hydrogens is 200 g/mol. The number of rotatable bonds is 4. The summed E-state index contributed by atoms with van der Waals surface area (Å²) in [7, 11) is 0. The molecule has 0 unspecified atom stereocenters. The van der Waals surface area contributed by atoms with Crippen molar-refractivity contribution in [3.63, 3.8) is 0 Å². The van der Waals surface area contributed by atoms with Crippen LogP contribution in [-0.2, 0) is 11.3 Å². The molecule has 0 spiro atoms. The summed E-state index contributed by atoms with van der Waals surface area (Å²) >= 11 is 0. The molecule has 0 heterocycles. The maximum absolute atomic E-state index is 11.9. The van der Waals surface area contributed by atoms with Crippen LogP contribution in [0, 0.1) is 5.92 Å². The van der Waals surface area contributed by atoms with E-state index in [0.717, 1.165) is 17.8 Å². The molecule has 0 saturated heterocycles. The summed E-state index contributed by atoms with van der Waals surface area (Å²) in [5, 5.41) is 0. The van der Waals surface area contributed by atoms with E-state index in [9.17, 15) is 4.79 Å². The highest BCUT2D eigenvalue weighted by Gasteiger charge is 2.15. The van der Waals surface area contributed by atoms with Crippen molar-refractivity contribution in [2.75, 3.05) is 12.3 Å². The molecule has 1 aromatic rings. The summed E-state index contributed by atoms with van der Waals surface area (Å²) in [5.74, 6) is 0.228. The summed E-state index contributed by atoms with van der Waals surface area (Å²) < 4.78 is 0. The Kier molecular flexibility index (Phi) is 4.35. The lowest BCUT2D eigenvalue weighted by molar-refractivity contribution is -0.134. The second kappa shape index (κ2) is 5.54. The topological polar surface area (TPSA) is 46.3 Å². The Hall–Kier alpha value is -1.51. The van der Waals surface area contributed by atoms with Crippen LogP contribution in [0.3, 0.4) is 0 Å². The van der Waals surface area contributed by atoms with E-state index in [-0.39, 0.29) is 11.8 Å². The fourth-order valence-electron chi connectivity index (χ4n) is 1.62. The molecule has 0 bridgehead atoms. The number of nitrogen functional groups attached to an aromatic ring is 1. The Bertz CT molecular complexity index is 361. The fourth-order valence-corrected chi connectivity index (χ4v) is 1.62. The highest BCUT2D eigenvalue weighted by molar-refractivity contribution is 5.78. The first kappa shape index (κ1) is 12.6. The van der Waals surface area contributed by atoms with E-state index in [2.05, 4.69) is 0 Å². The third kappa shape index (κ3) is 3.26. The molecule has 0 aliphatic heterocycles. The molecule has 88 valence electrons. The third-order valence-electron chi connectivity index (χ3n) is 2.51. The molecule has 0 saturated carbocycles. The van der Waals surface area contributed by atoms with Gasteiger partial charge in [0.05, 0.1) is 0 Å². The lowest BCUT2D eigenvalue weighted by atomic mass is 10.1. The van der Waals surface area contributed by atoms with Crippen LogP contribution in [-0.4, -0.2) is 17.4 Å². The van der Waals surface area contributed by atoms with Crippen molar-refractivity contribution < 1.29 is 4.79 Å². The Labute approximate surface area is 97.2 Å². The first-order valence-electron chi connectivity index (χ1n) is 5.67. The quantitative estimate of drug-likeness (QED) is 0.791. The Balaban J connectivity index is 2.74. The average Bonchev–Trinajstić information content (AvgIpc) is 2.25. The van der Waals surface area contributed by atoms with E-state index in [0.29, 0.717) is 6.54 Å². The lowest BCUT2D eigenvalue weighted by Crippen LogP contribution is -2.33. The van der Waals surface area contributed by atoms with E-state index in [4.69, 9.17) is 5.73 Å². The summed E-state index contributed by atoms with van der Waals surface area (Å²) in [6.07, 6.45) is 0. The molecular formula is C13H20N2O. The van der Waals surface area contributed by atoms with Crippen molar-refractivity contribution in [1.29, 1.82) is 0 Å². The van der Waals surface area contributed by atoms with E-state index < -0.39 is 0 Å². The normalized spacial score (nSPS) is 10.5. The number of hydrogen-bond acceptors (Lipinski definition) is 2. The zero-order valence-corrected chi connectivity index (χ0v) is 10.2. The van der Waals surface area contributed by atoms with Gasteiger partial charge < -0.3 is 10.6 Å². The number of nitrogens with two attached hydrogens (primary N) is 1. The molecule has 1 rings (SSSR count). The molecule has 0 fully saturated rings. The molecule has 2 N–H and O–H groups in total. The number of anilines is 1. The highest BCUT2D eigenvalue weighted by Crippen LogP contribution is 2.11. The van der Waals surface area contributed by atoms with Gasteiger partial charge in [-0.15, -0.1) is 0 Å². The van der Waals surface area contributed by atoms with Crippen LogP contribution in [0.1, 0.15) is 26.3 Å². The van der Waals surface area contributed by atoms with Gasteiger partial charge in [-0.05, 0) is 24.6 Å². The summed E-state index contributed by atoms with van der Waals surface area (Å²) in [4.78, 5) is 13.7. The number of carbonyl (C=O) groups is 1. The minimum atomic E-state index is 0.0426. The minimum absolute atomic E-state index is 0.0426. The smallest absolute Gasteiger partial charge is 0.225 e. The van der Waals surface area contributed by atoms with Crippen LogP contribution in [0.4, 0.5) is 5.69 Å². The van der Waals surface area contributed by atoms with Gasteiger partial charge in [0.1, 0.15) is 0 Å². The second-order valence-electron chi connectivity index (χ2n) is 4.25. The van der Waals surface area contributed by atoms with Crippen molar-refractivity contribution >= 4 is 11.6 Å². The predicted octanol–water partition coefficient (Wildman–Crippen LogP) is 2.27. The van der Waals surface area contributed by atoms with E-state index in [1.54, 1.807) is 0 Å². The van der Waals surface area contributed by atoms with Gasteiger partial charge in [0, 0.05) is 24.7 Å². The molecule has 16 heavy (non-hydrogen) atoms. The Morgan fingerprint density at radius 1 is 1.44 bits per heavy atom. The van der Waals surface area contributed by atoms with Crippen LogP contribution in [0.2, 0.25) is 0 Å². The van der Waals surface area contributed by atoms with Crippen molar-refractivity contribution in [1.82, 2.24) is 4.90 Å². The van der Waals surface area contributed by atoms with Crippen molar-refractivity contribution in [3.8, 4) is 0 Å². The van der Waals surface area contributed by atoms with Gasteiger partial charge in [0.2, 0.25) is 5.91 Å². The average molecular weight is 220 g/mol. The van der Waals surface area contributed by atoms with E-state index in [1.807, 2.05) is 49.9 Å². The molecule has 0 radical (unpaired) electrons. The van der Waals surface area contributed by atoms with Crippen molar-refractivity contribution in [2.45, 2.75) is 27.3 Å². The van der Waals surface area contributed by atoms with Crippen LogP contribution in [0.25, 0.3) is 0 Å². The maximum Gasteiger partial charge on any atom is 0.225 e. The maximum atomic E-state index is 11.9. The lowest BCUT2D eigenvalue weighted by Gasteiger charge is -2.23. The first-order valence-corrected chi connectivity index (χ1v) is 5.67. The number of amides is 1. The molecule has 0 aliphatic carbocycles. The number of nitrogens with zero attached hydrogens (tertiary/aromatic N) is 1. The van der Waals surface area contributed by atoms with Gasteiger partial charge in [-0.1, -0.05) is 26.0 Å². The van der Waals surface area contributed by atoms with Crippen LogP contribution in [0.5, 0.6) is 0 Å². The third-order valence-corrected chi connectivity index (χ3v) is 2.51. The zero-order valence-electron chi connectivity index (χ0n) is 10.2. The summed E-state index contributed by atoms with van der Waals surface area (Å²) in [6, 6.07) is 7.67. The van der Waals surface area contributed by atoms with Gasteiger partial charge in [-0.2, -0.15) is 0 Å². The molecule has 3 nitrogen and oxygen atoms in total. The largest absolute Gasteiger partial charge is 0.399 e. The summed E-state index contributed by atoms with van der Waals surface area (Å²) in [5.41, 5.74) is 7.53. The standard InChI is InChI=1S/C13H20N2O/c1-4-15(13(16)10(2)3)9-11-6-5-7-12(14)8-11/h5-8,10H,4,9,14H2,1-3H3. The number of carbonyl (C=O) groups excluding carboxylic acids is 1. The van der Waals surface area contributed by atoms with Crippen LogP contribution in [0.15, 0.2) is 24.3 Å². The Morgan fingerprint density at radius 3 is 2.62 bits per heavy atom. The van der Waals surface area contributed by atoms with Gasteiger partial charge in [-0.3, -0.25) is 4.79 Å². The zero-order chi connectivity index (χ0) is 12.1. The second-order valence-corrected chi connectivity index (χ2v) is 4.25. The minimum Gasteiger partial charge on any atom is -0.399 e. The van der Waals surface area contributed by atoms with Crippen molar-refractivity contribution in [2.24, 2.45) is 5.92 Å². The van der Waals surface area contributed by atoms with Gasteiger partial charge in [0.15, 0.2) is 0 Å². The monoisotopic (exact) mass is 220 g/mol. The first-order chi connectivity index (χ1) is 7.54. The number of hydrogen-bond donors (Lipinski definition) is 1. The molecule has 1 aromatic carbocycles. The van der Waals surface area contributed by atoms with E-state index >= 15 is 0 Å². The van der Waals surface area contributed by atoms with Crippen molar-refractivity contribution in [3.05, 3.63) is 29.8 Å². The fraction of sp³-hybridized carbons (Fsp3) is 0.462. The van der Waals surface area contributed by atoms with Crippen LogP contribution < -0.4 is 5.73 Å². The van der Waals surface area contributed by atoms with Gasteiger partial charge >= 0.3 is 0 Å². The highest BCUT2D eigenvalue weighted by atomic mass is 16.2. The van der Waals surface area contributed by atoms with Gasteiger partial charge in [0.25, 0.3) is 0 Å². The summed E-state index contributed by atoms with van der Waals surface area (Å²) in [6.45, 7) is 7.20. The van der Waals surface area contributed by atoms with E-state index in [1.165, 1.54) is 0 Å². The Morgan fingerprint density at radius 2 is 2.12 bits per heavy atom. The number of benzene rings is 1. The predicted molar refractivity (Wildman–Crippen MR) is 66.8 cm³/mol. The molecule has 0 aliphatic rings. The molecule has 1 amide bonds.